The van der Waals surface area contributed by atoms with Gasteiger partial charge in [0, 0.05) is 16.5 Å². The number of aromatic hydroxyl groups is 1. The molecule has 0 saturated carbocycles. The lowest BCUT2D eigenvalue weighted by molar-refractivity contribution is 0.322. The van der Waals surface area contributed by atoms with Gasteiger partial charge in [0.05, 0.1) is 21.4 Å². The van der Waals surface area contributed by atoms with E-state index in [2.05, 4.69) is 10.8 Å². The summed E-state index contributed by atoms with van der Waals surface area (Å²) in [4.78, 5) is 0.780. The molecule has 22 heavy (non-hydrogen) atoms. The van der Waals surface area contributed by atoms with Crippen LogP contribution in [0.1, 0.15) is 0 Å². The van der Waals surface area contributed by atoms with E-state index in [1.165, 1.54) is 16.0 Å². The molecule has 0 aliphatic heterocycles. The summed E-state index contributed by atoms with van der Waals surface area (Å²) < 4.78 is 4.56. The second kappa shape index (κ2) is 7.28. The molecule has 114 valence electrons. The van der Waals surface area contributed by atoms with Crippen LogP contribution in [0.5, 0.6) is 5.75 Å². The van der Waals surface area contributed by atoms with Crippen molar-refractivity contribution in [2.24, 2.45) is 0 Å². The first-order valence-electron chi connectivity index (χ1n) is 6.74. The number of benzene rings is 2. The second-order valence-electron chi connectivity index (χ2n) is 4.52. The molecular formula is C16H15NO2S3. The topological polar surface area (TPSA) is 52.5 Å². The fourth-order valence-electron chi connectivity index (χ4n) is 2.11. The Balaban J connectivity index is 1.97. The molecule has 0 aliphatic rings. The molecule has 0 radical (unpaired) electrons. The Labute approximate surface area is 141 Å². The van der Waals surface area contributed by atoms with E-state index in [4.69, 9.17) is 5.11 Å². The van der Waals surface area contributed by atoms with Crippen molar-refractivity contribution in [3.05, 3.63) is 47.8 Å². The number of anilines is 1. The number of phenolic OH excluding ortho intramolecular Hbond substituents is 1. The second-order valence-corrected chi connectivity index (χ2v) is 7.72. The Morgan fingerprint density at radius 1 is 1.09 bits per heavy atom. The van der Waals surface area contributed by atoms with Crippen molar-refractivity contribution in [1.29, 1.82) is 0 Å². The number of aliphatic hydroxyl groups is 1. The van der Waals surface area contributed by atoms with Gasteiger partial charge in [-0.1, -0.05) is 30.3 Å². The highest BCUT2D eigenvalue weighted by Gasteiger charge is 2.12. The lowest BCUT2D eigenvalue weighted by Gasteiger charge is -2.13. The third-order valence-electron chi connectivity index (χ3n) is 3.09. The third-order valence-corrected chi connectivity index (χ3v) is 5.96. The predicted octanol–water partition coefficient (Wildman–Crippen LogP) is 4.81. The third kappa shape index (κ3) is 3.35. The van der Waals surface area contributed by atoms with E-state index in [1.807, 2.05) is 41.8 Å². The van der Waals surface area contributed by atoms with Gasteiger partial charge < -0.3 is 14.9 Å². The lowest BCUT2D eigenvalue weighted by Crippen LogP contribution is -1.91. The first kappa shape index (κ1) is 15.6. The smallest absolute Gasteiger partial charge is 0.137 e. The van der Waals surface area contributed by atoms with Crippen molar-refractivity contribution < 1.29 is 10.2 Å². The van der Waals surface area contributed by atoms with Crippen LogP contribution in [0.15, 0.2) is 56.9 Å². The van der Waals surface area contributed by atoms with E-state index in [0.29, 0.717) is 5.75 Å². The Morgan fingerprint density at radius 3 is 2.64 bits per heavy atom. The number of nitrogens with one attached hydrogen (secondary N) is 1. The first-order chi connectivity index (χ1) is 10.8. The fraction of sp³-hybridized carbons (Fsp3) is 0.125. The van der Waals surface area contributed by atoms with Crippen molar-refractivity contribution in [2.45, 2.75) is 9.10 Å². The minimum absolute atomic E-state index is 0.0869. The molecule has 0 unspecified atom stereocenters. The zero-order valence-electron chi connectivity index (χ0n) is 11.7. The Bertz CT molecular complexity index is 759. The number of hydrogen-bond acceptors (Lipinski definition) is 6. The highest BCUT2D eigenvalue weighted by molar-refractivity contribution is 8.02. The molecule has 0 amide bonds. The van der Waals surface area contributed by atoms with Crippen LogP contribution in [0.4, 0.5) is 5.69 Å². The SMILES string of the molecule is OCCSc1cc(NSc2cccs2)c2ccccc2c1O. The summed E-state index contributed by atoms with van der Waals surface area (Å²) in [6.45, 7) is 0.0869. The molecule has 0 bridgehead atoms. The Hall–Kier alpha value is -1.34. The highest BCUT2D eigenvalue weighted by atomic mass is 32.2. The maximum atomic E-state index is 10.4. The zero-order chi connectivity index (χ0) is 15.4. The van der Waals surface area contributed by atoms with E-state index >= 15 is 0 Å². The van der Waals surface area contributed by atoms with Crippen molar-refractivity contribution in [2.75, 3.05) is 17.1 Å². The zero-order valence-corrected chi connectivity index (χ0v) is 14.1. The number of thioether (sulfide) groups is 1. The summed E-state index contributed by atoms with van der Waals surface area (Å²) >= 11 is 4.70. The minimum atomic E-state index is 0.0869. The molecular weight excluding hydrogens is 334 g/mol. The van der Waals surface area contributed by atoms with E-state index in [0.717, 1.165) is 21.4 Å². The maximum absolute atomic E-state index is 10.4. The van der Waals surface area contributed by atoms with Gasteiger partial charge in [-0.2, -0.15) is 0 Å². The van der Waals surface area contributed by atoms with Gasteiger partial charge in [0.1, 0.15) is 5.75 Å². The average molecular weight is 350 g/mol. The van der Waals surface area contributed by atoms with Gasteiger partial charge >= 0.3 is 0 Å². The largest absolute Gasteiger partial charge is 0.506 e. The number of fused-ring (bicyclic) bond motifs is 1. The number of phenols is 1. The minimum Gasteiger partial charge on any atom is -0.506 e. The molecule has 1 heterocycles. The van der Waals surface area contributed by atoms with E-state index in [-0.39, 0.29) is 12.4 Å². The molecule has 0 aliphatic carbocycles. The van der Waals surface area contributed by atoms with Gasteiger partial charge in [0.25, 0.3) is 0 Å². The standard InChI is InChI=1S/C16H15NO2S3/c18-7-9-20-14-10-13(17-22-15-6-3-8-21-15)11-4-1-2-5-12(11)16(14)19/h1-6,8,10,17-19H,7,9H2. The summed E-state index contributed by atoms with van der Waals surface area (Å²) in [6, 6.07) is 13.8. The van der Waals surface area contributed by atoms with Crippen molar-refractivity contribution in [3.8, 4) is 5.75 Å². The molecule has 3 nitrogen and oxygen atoms in total. The number of thiophene rings is 1. The lowest BCUT2D eigenvalue weighted by atomic mass is 10.1. The molecule has 0 atom stereocenters. The number of rotatable bonds is 6. The quantitative estimate of drug-likeness (QED) is 0.339. The van der Waals surface area contributed by atoms with Gasteiger partial charge in [0.2, 0.25) is 0 Å². The Kier molecular flexibility index (Phi) is 5.15. The summed E-state index contributed by atoms with van der Waals surface area (Å²) in [5.41, 5.74) is 0.965. The molecule has 3 rings (SSSR count). The van der Waals surface area contributed by atoms with Crippen molar-refractivity contribution in [3.63, 3.8) is 0 Å². The number of hydrogen-bond donors (Lipinski definition) is 3. The van der Waals surface area contributed by atoms with Gasteiger partial charge in [-0.25, -0.2) is 0 Å². The number of aliphatic hydroxyl groups excluding tert-OH is 1. The van der Waals surface area contributed by atoms with Crippen molar-refractivity contribution in [1.82, 2.24) is 0 Å². The normalized spacial score (nSPS) is 11.0. The van der Waals surface area contributed by atoms with Gasteiger partial charge in [-0.3, -0.25) is 0 Å². The first-order valence-corrected chi connectivity index (χ1v) is 9.42. The van der Waals surface area contributed by atoms with Crippen LogP contribution in [-0.2, 0) is 0 Å². The molecule has 2 aromatic carbocycles. The summed E-state index contributed by atoms with van der Waals surface area (Å²) in [7, 11) is 0. The fourth-order valence-corrected chi connectivity index (χ4v) is 4.33. The molecule has 0 spiro atoms. The summed E-state index contributed by atoms with van der Waals surface area (Å²) in [5, 5.41) is 23.3. The van der Waals surface area contributed by atoms with Crippen LogP contribution in [0.3, 0.4) is 0 Å². The van der Waals surface area contributed by atoms with Crippen LogP contribution >= 0.6 is 35.0 Å². The van der Waals surface area contributed by atoms with E-state index in [1.54, 1.807) is 23.3 Å². The average Bonchev–Trinajstić information content (AvgIpc) is 3.07. The highest BCUT2D eigenvalue weighted by Crippen LogP contribution is 2.41. The molecule has 0 fully saturated rings. The van der Waals surface area contributed by atoms with Crippen LogP contribution < -0.4 is 4.72 Å². The summed E-state index contributed by atoms with van der Waals surface area (Å²) in [5.74, 6) is 0.837. The van der Waals surface area contributed by atoms with E-state index in [9.17, 15) is 5.11 Å². The summed E-state index contributed by atoms with van der Waals surface area (Å²) in [6.07, 6.45) is 0. The van der Waals surface area contributed by atoms with Gasteiger partial charge in [-0.15, -0.1) is 23.1 Å². The molecule has 1 aromatic heterocycles. The van der Waals surface area contributed by atoms with Crippen LogP contribution in [0.25, 0.3) is 10.8 Å². The van der Waals surface area contributed by atoms with Gasteiger partial charge in [0.15, 0.2) is 0 Å². The molecule has 3 aromatic rings. The van der Waals surface area contributed by atoms with Crippen molar-refractivity contribution >= 4 is 51.5 Å². The van der Waals surface area contributed by atoms with Crippen LogP contribution in [0, 0.1) is 0 Å². The maximum Gasteiger partial charge on any atom is 0.137 e. The predicted molar refractivity (Wildman–Crippen MR) is 97.2 cm³/mol. The Morgan fingerprint density at radius 2 is 1.91 bits per heavy atom. The van der Waals surface area contributed by atoms with E-state index < -0.39 is 0 Å². The van der Waals surface area contributed by atoms with Crippen LogP contribution in [0.2, 0.25) is 0 Å². The van der Waals surface area contributed by atoms with Crippen LogP contribution in [-0.4, -0.2) is 22.6 Å². The molecule has 3 N–H and O–H groups in total. The van der Waals surface area contributed by atoms with Gasteiger partial charge in [-0.05, 0) is 29.5 Å². The molecule has 0 saturated heterocycles. The monoisotopic (exact) mass is 349 g/mol. The molecule has 6 heteroatoms.